The number of nitrogens with zero attached hydrogens (tertiary/aromatic N) is 1. The summed E-state index contributed by atoms with van der Waals surface area (Å²) in [5.41, 5.74) is 1.37. The largest absolute Gasteiger partial charge is 0.464 e. The van der Waals surface area contributed by atoms with Crippen LogP contribution in [0.2, 0.25) is 0 Å². The minimum absolute atomic E-state index is 0. The molecule has 1 N–H and O–H groups in total. The molecule has 6 heteroatoms. The smallest absolute Gasteiger partial charge is 0.207 e. The fourth-order valence-electron chi connectivity index (χ4n) is 4.28. The van der Waals surface area contributed by atoms with E-state index in [1.807, 2.05) is 18.2 Å². The third-order valence-electron chi connectivity index (χ3n) is 5.93. The lowest BCUT2D eigenvalue weighted by molar-refractivity contribution is -0.0755. The van der Waals surface area contributed by atoms with Crippen molar-refractivity contribution >= 4 is 18.2 Å². The molecule has 0 saturated carbocycles. The Morgan fingerprint density at radius 1 is 1.14 bits per heavy atom. The molecule has 28 heavy (non-hydrogen) atoms. The first-order valence-corrected chi connectivity index (χ1v) is 9.54. The molecule has 1 atom stereocenters. The number of benzene rings is 2. The number of fused-ring (bicyclic) bond motifs is 2. The number of piperidine rings is 1. The molecule has 0 amide bonds. The molecule has 1 spiro atoms. The molecule has 2 aliphatic rings. The normalized spacial score (nSPS) is 20.3. The third kappa shape index (κ3) is 3.93. The van der Waals surface area contributed by atoms with Gasteiger partial charge in [-0.1, -0.05) is 18.2 Å². The maximum atomic E-state index is 12.9. The Labute approximate surface area is 170 Å². The summed E-state index contributed by atoms with van der Waals surface area (Å²) in [7, 11) is 0. The van der Waals surface area contributed by atoms with E-state index in [2.05, 4.69) is 11.0 Å². The number of likely N-dealkylation sites (tertiary alicyclic amines) is 1. The van der Waals surface area contributed by atoms with Crippen LogP contribution in [0, 0.1) is 5.82 Å². The van der Waals surface area contributed by atoms with E-state index in [9.17, 15) is 14.3 Å². The van der Waals surface area contributed by atoms with Gasteiger partial charge in [-0.3, -0.25) is 4.79 Å². The Hall–Kier alpha value is -1.95. The molecule has 2 aromatic carbocycles. The molecule has 0 aliphatic carbocycles. The molecule has 2 aromatic rings. The molecule has 4 rings (SSSR count). The summed E-state index contributed by atoms with van der Waals surface area (Å²) >= 11 is 0. The number of ketones is 1. The van der Waals surface area contributed by atoms with Gasteiger partial charge >= 0.3 is 0 Å². The molecule has 0 aromatic heterocycles. The number of hydrogen-bond acceptors (Lipinski definition) is 4. The first-order valence-electron chi connectivity index (χ1n) is 9.54. The van der Waals surface area contributed by atoms with Gasteiger partial charge in [0.05, 0.1) is 5.41 Å². The number of Topliss-reactive ketones (excluding diaryl/α,β-unsaturated/α-hetero) is 1. The van der Waals surface area contributed by atoms with Gasteiger partial charge in [0.2, 0.25) is 6.29 Å². The average molecular weight is 406 g/mol. The second-order valence-electron chi connectivity index (χ2n) is 7.50. The minimum Gasteiger partial charge on any atom is -0.464 e. The number of ether oxygens (including phenoxy) is 1. The topological polar surface area (TPSA) is 49.8 Å². The zero-order chi connectivity index (χ0) is 18.9. The first-order chi connectivity index (χ1) is 13.1. The number of para-hydroxylation sites is 1. The van der Waals surface area contributed by atoms with E-state index in [0.29, 0.717) is 12.0 Å². The summed E-state index contributed by atoms with van der Waals surface area (Å²) < 4.78 is 18.6. The predicted octanol–water partition coefficient (Wildman–Crippen LogP) is 3.96. The Morgan fingerprint density at radius 2 is 1.82 bits per heavy atom. The van der Waals surface area contributed by atoms with Gasteiger partial charge in [0.25, 0.3) is 0 Å². The molecule has 1 saturated heterocycles. The Morgan fingerprint density at radius 3 is 2.54 bits per heavy atom. The molecule has 1 fully saturated rings. The highest BCUT2D eigenvalue weighted by molar-refractivity contribution is 5.95. The number of carbonyl (C=O) groups excluding carboxylic acids is 1. The van der Waals surface area contributed by atoms with E-state index >= 15 is 0 Å². The van der Waals surface area contributed by atoms with Crippen molar-refractivity contribution in [1.82, 2.24) is 4.90 Å². The number of rotatable bonds is 5. The summed E-state index contributed by atoms with van der Waals surface area (Å²) in [6.45, 7) is 2.60. The van der Waals surface area contributed by atoms with E-state index in [1.54, 1.807) is 12.1 Å². The lowest BCUT2D eigenvalue weighted by Crippen LogP contribution is -2.48. The zero-order valence-corrected chi connectivity index (χ0v) is 16.5. The van der Waals surface area contributed by atoms with Crippen LogP contribution in [0.1, 0.15) is 41.6 Å². The number of halogens is 2. The quantitative estimate of drug-likeness (QED) is 0.765. The molecular formula is C22H25ClFNO3. The van der Waals surface area contributed by atoms with Crippen molar-refractivity contribution < 1.29 is 19.0 Å². The number of aliphatic hydroxyl groups excluding tert-OH is 1. The van der Waals surface area contributed by atoms with E-state index < -0.39 is 6.29 Å². The lowest BCUT2D eigenvalue weighted by atomic mass is 9.73. The monoisotopic (exact) mass is 405 g/mol. The first kappa shape index (κ1) is 20.8. The van der Waals surface area contributed by atoms with E-state index in [-0.39, 0.29) is 29.4 Å². The van der Waals surface area contributed by atoms with Crippen LogP contribution in [0.5, 0.6) is 5.75 Å². The maximum absolute atomic E-state index is 12.9. The molecule has 4 nitrogen and oxygen atoms in total. The van der Waals surface area contributed by atoms with Crippen molar-refractivity contribution in [3.8, 4) is 5.75 Å². The van der Waals surface area contributed by atoms with Gasteiger partial charge in [-0.15, -0.1) is 12.4 Å². The van der Waals surface area contributed by atoms with Crippen LogP contribution in [-0.2, 0) is 5.41 Å². The van der Waals surface area contributed by atoms with Gasteiger partial charge in [-0.05, 0) is 69.2 Å². The number of aliphatic hydroxyl groups is 1. The number of hydrogen-bond donors (Lipinski definition) is 1. The van der Waals surface area contributed by atoms with Gasteiger partial charge in [0, 0.05) is 17.5 Å². The summed E-state index contributed by atoms with van der Waals surface area (Å²) in [4.78, 5) is 14.5. The summed E-state index contributed by atoms with van der Waals surface area (Å²) in [5.74, 6) is 0.522. The maximum Gasteiger partial charge on any atom is 0.207 e. The van der Waals surface area contributed by atoms with Crippen LogP contribution >= 0.6 is 12.4 Å². The van der Waals surface area contributed by atoms with Gasteiger partial charge in [-0.25, -0.2) is 4.39 Å². The Balaban J connectivity index is 0.00000225. The predicted molar refractivity (Wildman–Crippen MR) is 108 cm³/mol. The van der Waals surface area contributed by atoms with Crippen molar-refractivity contribution in [2.75, 3.05) is 19.6 Å². The van der Waals surface area contributed by atoms with Gasteiger partial charge < -0.3 is 14.7 Å². The van der Waals surface area contributed by atoms with Gasteiger partial charge in [0.15, 0.2) is 5.78 Å². The van der Waals surface area contributed by atoms with E-state index in [4.69, 9.17) is 4.74 Å². The average Bonchev–Trinajstić information content (AvgIpc) is 2.95. The summed E-state index contributed by atoms with van der Waals surface area (Å²) in [5, 5.41) is 10.5. The molecule has 1 unspecified atom stereocenters. The third-order valence-corrected chi connectivity index (χ3v) is 5.93. The van der Waals surface area contributed by atoms with Crippen molar-refractivity contribution in [3.63, 3.8) is 0 Å². The minimum atomic E-state index is -0.780. The SMILES string of the molecule is Cl.O=C(CCCN1CCC2(CC1)c1ccccc1OC2O)c1ccc(F)cc1. The molecule has 0 bridgehead atoms. The van der Waals surface area contributed by atoms with Crippen LogP contribution in [0.25, 0.3) is 0 Å². The summed E-state index contributed by atoms with van der Waals surface area (Å²) in [6.07, 6.45) is 2.15. The second kappa shape index (κ2) is 8.60. The number of carbonyl (C=O) groups is 1. The molecular weight excluding hydrogens is 381 g/mol. The Kier molecular flexibility index (Phi) is 6.38. The fraction of sp³-hybridized carbons (Fsp3) is 0.409. The highest BCUT2D eigenvalue weighted by Crippen LogP contribution is 2.48. The van der Waals surface area contributed by atoms with Crippen LogP contribution in [0.15, 0.2) is 48.5 Å². The van der Waals surface area contributed by atoms with Crippen LogP contribution in [-0.4, -0.2) is 41.7 Å². The van der Waals surface area contributed by atoms with Gasteiger partial charge in [-0.2, -0.15) is 0 Å². The lowest BCUT2D eigenvalue weighted by Gasteiger charge is -2.40. The fourth-order valence-corrected chi connectivity index (χ4v) is 4.28. The van der Waals surface area contributed by atoms with Crippen molar-refractivity contribution in [1.29, 1.82) is 0 Å². The van der Waals surface area contributed by atoms with E-state index in [0.717, 1.165) is 50.2 Å². The molecule has 2 aliphatic heterocycles. The van der Waals surface area contributed by atoms with Crippen LogP contribution in [0.3, 0.4) is 0 Å². The molecule has 0 radical (unpaired) electrons. The van der Waals surface area contributed by atoms with Crippen LogP contribution < -0.4 is 4.74 Å². The molecule has 2 heterocycles. The summed E-state index contributed by atoms with van der Waals surface area (Å²) in [6, 6.07) is 13.6. The van der Waals surface area contributed by atoms with E-state index in [1.165, 1.54) is 12.1 Å². The van der Waals surface area contributed by atoms with Crippen LogP contribution in [0.4, 0.5) is 4.39 Å². The second-order valence-corrected chi connectivity index (χ2v) is 7.50. The zero-order valence-electron chi connectivity index (χ0n) is 15.6. The van der Waals surface area contributed by atoms with Crippen molar-refractivity contribution in [2.24, 2.45) is 0 Å². The van der Waals surface area contributed by atoms with Crippen molar-refractivity contribution in [3.05, 3.63) is 65.5 Å². The standard InChI is InChI=1S/C22H24FNO3.ClH/c23-17-9-7-16(8-10-17)19(25)5-3-13-24-14-11-22(12-15-24)18-4-1-2-6-20(18)27-21(22)26;/h1-2,4,6-10,21,26H,3,5,11-15H2;1H. The van der Waals surface area contributed by atoms with Crippen molar-refractivity contribution in [2.45, 2.75) is 37.4 Å². The highest BCUT2D eigenvalue weighted by Gasteiger charge is 2.49. The highest BCUT2D eigenvalue weighted by atomic mass is 35.5. The Bertz CT molecular complexity index is 819. The molecule has 150 valence electrons. The van der Waals surface area contributed by atoms with Gasteiger partial charge in [0.1, 0.15) is 11.6 Å².